The van der Waals surface area contributed by atoms with Crippen molar-refractivity contribution in [2.24, 2.45) is 0 Å². The fraction of sp³-hybridized carbons (Fsp3) is 0.818. The summed E-state index contributed by atoms with van der Waals surface area (Å²) in [5.74, 6) is -0.356. The summed E-state index contributed by atoms with van der Waals surface area (Å²) in [7, 11) is 2.01. The van der Waals surface area contributed by atoms with Crippen LogP contribution >= 0.6 is 11.8 Å². The molecule has 0 bridgehead atoms. The van der Waals surface area contributed by atoms with Gasteiger partial charge in [-0.05, 0) is 13.5 Å². The van der Waals surface area contributed by atoms with Crippen molar-refractivity contribution in [2.45, 2.75) is 41.5 Å². The molecule has 2 unspecified atom stereocenters. The normalized spacial score (nSPS) is 30.9. The molecule has 6 nitrogen and oxygen atoms in total. The fourth-order valence-corrected chi connectivity index (χ4v) is 3.99. The lowest BCUT2D eigenvalue weighted by molar-refractivity contribution is -0.177. The van der Waals surface area contributed by atoms with Crippen LogP contribution in [-0.4, -0.2) is 52.5 Å². The molecular formula is C11H18N4O2S. The Balaban J connectivity index is 1.71. The van der Waals surface area contributed by atoms with Gasteiger partial charge >= 0.3 is 0 Å². The largest absolute Gasteiger partial charge is 0.347 e. The number of ether oxygens (including phenoxy) is 2. The molecule has 0 aromatic carbocycles. The molecule has 1 aromatic heterocycles. The molecule has 2 fully saturated rings. The second kappa shape index (κ2) is 5.16. The Hall–Kier alpha value is -0.630. The molecule has 3 rings (SSSR count). The maximum Gasteiger partial charge on any atom is 0.183 e. The zero-order valence-corrected chi connectivity index (χ0v) is 11.2. The molecule has 2 aliphatic rings. The third-order valence-electron chi connectivity index (χ3n) is 3.64. The average molecular weight is 270 g/mol. The molecule has 0 radical (unpaired) electrons. The van der Waals surface area contributed by atoms with Gasteiger partial charge in [-0.1, -0.05) is 11.8 Å². The standard InChI is InChI=1S/C11H18N4O2S/c1-12-8-2-3-11(16-4-5-17-11)6-9(8)18-10-13-7-14-15-10/h7-9,12H,2-6H2,1H3,(H,13,14,15). The number of nitrogens with zero attached hydrogens (tertiary/aromatic N) is 2. The number of aromatic nitrogens is 3. The van der Waals surface area contributed by atoms with Gasteiger partial charge in [0.2, 0.25) is 0 Å². The lowest BCUT2D eigenvalue weighted by Gasteiger charge is -2.40. The van der Waals surface area contributed by atoms with Gasteiger partial charge in [-0.2, -0.15) is 5.10 Å². The molecule has 1 saturated heterocycles. The van der Waals surface area contributed by atoms with Crippen molar-refractivity contribution in [1.29, 1.82) is 0 Å². The summed E-state index contributed by atoms with van der Waals surface area (Å²) in [4.78, 5) is 4.18. The first-order valence-electron chi connectivity index (χ1n) is 6.28. The predicted octanol–water partition coefficient (Wildman–Crippen LogP) is 0.780. The summed E-state index contributed by atoms with van der Waals surface area (Å²) in [5, 5.41) is 11.4. The molecule has 1 aromatic rings. The summed E-state index contributed by atoms with van der Waals surface area (Å²) < 4.78 is 11.6. The molecule has 7 heteroatoms. The van der Waals surface area contributed by atoms with Gasteiger partial charge in [0.05, 0.1) is 13.2 Å². The van der Waals surface area contributed by atoms with E-state index in [9.17, 15) is 0 Å². The molecule has 0 amide bonds. The number of thioether (sulfide) groups is 1. The molecule has 100 valence electrons. The van der Waals surface area contributed by atoms with Crippen LogP contribution in [0.25, 0.3) is 0 Å². The van der Waals surface area contributed by atoms with Crippen LogP contribution in [0.4, 0.5) is 0 Å². The summed E-state index contributed by atoms with van der Waals surface area (Å²) >= 11 is 1.71. The Kier molecular flexibility index (Phi) is 3.56. The monoisotopic (exact) mass is 270 g/mol. The summed E-state index contributed by atoms with van der Waals surface area (Å²) in [6.07, 6.45) is 4.45. The molecule has 2 atom stereocenters. The van der Waals surface area contributed by atoms with E-state index in [-0.39, 0.29) is 5.79 Å². The Morgan fingerprint density at radius 2 is 2.33 bits per heavy atom. The van der Waals surface area contributed by atoms with Gasteiger partial charge in [-0.25, -0.2) is 4.98 Å². The van der Waals surface area contributed by atoms with Gasteiger partial charge in [-0.15, -0.1) is 0 Å². The minimum atomic E-state index is -0.356. The fourth-order valence-electron chi connectivity index (χ4n) is 2.72. The number of hydrogen-bond donors (Lipinski definition) is 2. The lowest BCUT2D eigenvalue weighted by atomic mass is 9.89. The molecule has 2 heterocycles. The second-order valence-corrected chi connectivity index (χ2v) is 5.92. The van der Waals surface area contributed by atoms with E-state index in [4.69, 9.17) is 9.47 Å². The summed E-state index contributed by atoms with van der Waals surface area (Å²) in [6, 6.07) is 0.457. The predicted molar refractivity (Wildman–Crippen MR) is 67.4 cm³/mol. The first-order chi connectivity index (χ1) is 8.81. The van der Waals surface area contributed by atoms with Gasteiger partial charge in [0.25, 0.3) is 0 Å². The van der Waals surface area contributed by atoms with E-state index >= 15 is 0 Å². The van der Waals surface area contributed by atoms with Gasteiger partial charge < -0.3 is 14.8 Å². The highest BCUT2D eigenvalue weighted by atomic mass is 32.2. The van der Waals surface area contributed by atoms with Crippen LogP contribution in [0.1, 0.15) is 19.3 Å². The lowest BCUT2D eigenvalue weighted by Crippen LogP contribution is -2.48. The van der Waals surface area contributed by atoms with Crippen LogP contribution in [0.15, 0.2) is 11.5 Å². The van der Waals surface area contributed by atoms with Crippen molar-refractivity contribution < 1.29 is 9.47 Å². The molecule has 1 saturated carbocycles. The SMILES string of the molecule is CNC1CCC2(CC1Sc1ncn[nH]1)OCCO2. The Bertz CT molecular complexity index is 380. The minimum absolute atomic E-state index is 0.356. The van der Waals surface area contributed by atoms with E-state index in [0.29, 0.717) is 24.5 Å². The zero-order valence-electron chi connectivity index (χ0n) is 10.4. The van der Waals surface area contributed by atoms with Gasteiger partial charge in [0.15, 0.2) is 10.9 Å². The Labute approximate surface area is 110 Å². The van der Waals surface area contributed by atoms with Gasteiger partial charge in [0.1, 0.15) is 6.33 Å². The first-order valence-corrected chi connectivity index (χ1v) is 7.16. The number of H-pyrrole nitrogens is 1. The number of hydrogen-bond acceptors (Lipinski definition) is 6. The second-order valence-electron chi connectivity index (χ2n) is 4.69. The minimum Gasteiger partial charge on any atom is -0.347 e. The third-order valence-corrected chi connectivity index (χ3v) is 4.86. The highest BCUT2D eigenvalue weighted by molar-refractivity contribution is 7.99. The summed E-state index contributed by atoms with van der Waals surface area (Å²) in [6.45, 7) is 1.42. The van der Waals surface area contributed by atoms with Crippen molar-refractivity contribution in [2.75, 3.05) is 20.3 Å². The van der Waals surface area contributed by atoms with E-state index in [0.717, 1.165) is 24.4 Å². The Morgan fingerprint density at radius 1 is 1.50 bits per heavy atom. The highest BCUT2D eigenvalue weighted by Crippen LogP contribution is 2.41. The van der Waals surface area contributed by atoms with Crippen LogP contribution in [-0.2, 0) is 9.47 Å². The number of aromatic amines is 1. The molecule has 2 N–H and O–H groups in total. The van der Waals surface area contributed by atoms with Crippen LogP contribution in [0.2, 0.25) is 0 Å². The number of nitrogens with one attached hydrogen (secondary N) is 2. The molecule has 1 aliphatic carbocycles. The quantitative estimate of drug-likeness (QED) is 0.845. The average Bonchev–Trinajstić information content (AvgIpc) is 3.02. The van der Waals surface area contributed by atoms with Crippen LogP contribution < -0.4 is 5.32 Å². The zero-order chi connectivity index (χ0) is 12.4. The topological polar surface area (TPSA) is 72.1 Å². The number of rotatable bonds is 3. The van der Waals surface area contributed by atoms with Crippen molar-refractivity contribution in [3.05, 3.63) is 6.33 Å². The first kappa shape index (κ1) is 12.4. The van der Waals surface area contributed by atoms with E-state index in [1.54, 1.807) is 11.8 Å². The smallest absolute Gasteiger partial charge is 0.183 e. The van der Waals surface area contributed by atoms with Crippen LogP contribution in [0, 0.1) is 0 Å². The summed E-state index contributed by atoms with van der Waals surface area (Å²) in [5.41, 5.74) is 0. The Morgan fingerprint density at radius 3 is 3.00 bits per heavy atom. The van der Waals surface area contributed by atoms with Crippen LogP contribution in [0.3, 0.4) is 0 Å². The van der Waals surface area contributed by atoms with E-state index in [2.05, 4.69) is 20.5 Å². The van der Waals surface area contributed by atoms with Crippen molar-refractivity contribution in [3.63, 3.8) is 0 Å². The van der Waals surface area contributed by atoms with E-state index < -0.39 is 0 Å². The molecule has 18 heavy (non-hydrogen) atoms. The molecular weight excluding hydrogens is 252 g/mol. The van der Waals surface area contributed by atoms with Crippen LogP contribution in [0.5, 0.6) is 0 Å². The third kappa shape index (κ3) is 2.40. The van der Waals surface area contributed by atoms with Crippen molar-refractivity contribution in [1.82, 2.24) is 20.5 Å². The maximum absolute atomic E-state index is 5.81. The van der Waals surface area contributed by atoms with Gasteiger partial charge in [-0.3, -0.25) is 5.10 Å². The molecule has 1 spiro atoms. The molecule has 1 aliphatic heterocycles. The van der Waals surface area contributed by atoms with Crippen molar-refractivity contribution in [3.8, 4) is 0 Å². The highest BCUT2D eigenvalue weighted by Gasteiger charge is 2.45. The van der Waals surface area contributed by atoms with Crippen molar-refractivity contribution >= 4 is 11.8 Å². The van der Waals surface area contributed by atoms with E-state index in [1.165, 1.54) is 6.33 Å². The van der Waals surface area contributed by atoms with Gasteiger partial charge in [0, 0.05) is 24.1 Å². The van der Waals surface area contributed by atoms with E-state index in [1.807, 2.05) is 7.05 Å². The maximum atomic E-state index is 5.81.